The zero-order valence-corrected chi connectivity index (χ0v) is 15.2. The molecule has 1 aliphatic carbocycles. The molecule has 3 rings (SSSR count). The molecule has 0 bridgehead atoms. The van der Waals surface area contributed by atoms with Gasteiger partial charge < -0.3 is 15.1 Å². The van der Waals surface area contributed by atoms with E-state index in [1.807, 2.05) is 7.05 Å². The Morgan fingerprint density at radius 1 is 1.24 bits per heavy atom. The number of anilines is 1. The SMILES string of the molecule is CNc1nc(CC2CN(C)CCN2C)nc(C2CC2)c1I. The van der Waals surface area contributed by atoms with Crippen molar-refractivity contribution in [2.45, 2.75) is 31.2 Å². The van der Waals surface area contributed by atoms with Gasteiger partial charge in [-0.2, -0.15) is 0 Å². The number of nitrogens with zero attached hydrogens (tertiary/aromatic N) is 4. The van der Waals surface area contributed by atoms with Gasteiger partial charge in [-0.1, -0.05) is 0 Å². The maximum atomic E-state index is 4.89. The van der Waals surface area contributed by atoms with E-state index in [4.69, 9.17) is 9.97 Å². The Morgan fingerprint density at radius 3 is 2.67 bits per heavy atom. The van der Waals surface area contributed by atoms with Crippen LogP contribution >= 0.6 is 22.6 Å². The number of hydrogen-bond acceptors (Lipinski definition) is 5. The summed E-state index contributed by atoms with van der Waals surface area (Å²) in [4.78, 5) is 14.5. The van der Waals surface area contributed by atoms with Crippen molar-refractivity contribution in [1.82, 2.24) is 19.8 Å². The molecular formula is C15H24IN5. The van der Waals surface area contributed by atoms with Gasteiger partial charge in [-0.05, 0) is 49.5 Å². The molecule has 2 heterocycles. The summed E-state index contributed by atoms with van der Waals surface area (Å²) in [5, 5.41) is 3.23. The first-order valence-electron chi connectivity index (χ1n) is 7.71. The van der Waals surface area contributed by atoms with Gasteiger partial charge in [0, 0.05) is 45.1 Å². The monoisotopic (exact) mass is 401 g/mol. The van der Waals surface area contributed by atoms with Gasteiger partial charge in [0.2, 0.25) is 0 Å². The lowest BCUT2D eigenvalue weighted by molar-refractivity contribution is 0.113. The van der Waals surface area contributed by atoms with Crippen molar-refractivity contribution in [3.63, 3.8) is 0 Å². The van der Waals surface area contributed by atoms with Crippen molar-refractivity contribution in [3.05, 3.63) is 15.1 Å². The van der Waals surface area contributed by atoms with Crippen LogP contribution < -0.4 is 5.32 Å². The molecule has 6 heteroatoms. The zero-order valence-electron chi connectivity index (χ0n) is 13.1. The van der Waals surface area contributed by atoms with Crippen molar-refractivity contribution < 1.29 is 0 Å². The topological polar surface area (TPSA) is 44.3 Å². The molecule has 1 saturated carbocycles. The highest BCUT2D eigenvalue weighted by Gasteiger charge is 2.30. The second kappa shape index (κ2) is 6.34. The van der Waals surface area contributed by atoms with E-state index in [2.05, 4.69) is 51.8 Å². The van der Waals surface area contributed by atoms with Crippen LogP contribution in [0.3, 0.4) is 0 Å². The average molecular weight is 401 g/mol. The number of hydrogen-bond donors (Lipinski definition) is 1. The van der Waals surface area contributed by atoms with Gasteiger partial charge in [-0.25, -0.2) is 9.97 Å². The lowest BCUT2D eigenvalue weighted by Gasteiger charge is -2.37. The summed E-state index contributed by atoms with van der Waals surface area (Å²) >= 11 is 2.38. The van der Waals surface area contributed by atoms with Gasteiger partial charge in [-0.15, -0.1) is 0 Å². The number of likely N-dealkylation sites (N-methyl/N-ethyl adjacent to an activating group) is 2. The van der Waals surface area contributed by atoms with Crippen LogP contribution in [-0.2, 0) is 6.42 Å². The van der Waals surface area contributed by atoms with E-state index >= 15 is 0 Å². The Kier molecular flexibility index (Phi) is 4.66. The molecular weight excluding hydrogens is 377 g/mol. The fourth-order valence-corrected chi connectivity index (χ4v) is 3.88. The maximum Gasteiger partial charge on any atom is 0.143 e. The fraction of sp³-hybridized carbons (Fsp3) is 0.733. The number of rotatable bonds is 4. The molecule has 0 aromatic carbocycles. The fourth-order valence-electron chi connectivity index (χ4n) is 2.93. The number of nitrogens with one attached hydrogen (secondary N) is 1. The molecule has 0 amide bonds. The van der Waals surface area contributed by atoms with Crippen LogP contribution in [0.15, 0.2) is 0 Å². The van der Waals surface area contributed by atoms with Crippen LogP contribution in [0.25, 0.3) is 0 Å². The van der Waals surface area contributed by atoms with Gasteiger partial charge >= 0.3 is 0 Å². The summed E-state index contributed by atoms with van der Waals surface area (Å²) in [5.74, 6) is 2.65. The van der Waals surface area contributed by atoms with E-state index in [0.29, 0.717) is 12.0 Å². The van der Waals surface area contributed by atoms with Gasteiger partial charge in [0.25, 0.3) is 0 Å². The van der Waals surface area contributed by atoms with Gasteiger partial charge in [0.05, 0.1) is 9.26 Å². The normalized spacial score (nSPS) is 24.3. The highest BCUT2D eigenvalue weighted by atomic mass is 127. The van der Waals surface area contributed by atoms with Gasteiger partial charge in [-0.3, -0.25) is 0 Å². The Bertz CT molecular complexity index is 517. The third-order valence-electron chi connectivity index (χ3n) is 4.52. The standard InChI is InChI=1S/C15H24IN5/c1-17-15-13(16)14(10-4-5-10)18-12(19-15)8-11-9-20(2)6-7-21(11)3/h10-11H,4-9H2,1-3H3,(H,17,18,19). The van der Waals surface area contributed by atoms with Crippen LogP contribution in [-0.4, -0.2) is 66.6 Å². The summed E-state index contributed by atoms with van der Waals surface area (Å²) in [6.45, 7) is 3.37. The Balaban J connectivity index is 1.82. The largest absolute Gasteiger partial charge is 0.372 e. The predicted molar refractivity (Wildman–Crippen MR) is 93.9 cm³/mol. The van der Waals surface area contributed by atoms with Crippen molar-refractivity contribution in [2.75, 3.05) is 46.1 Å². The van der Waals surface area contributed by atoms with Crippen LogP contribution in [0, 0.1) is 3.57 Å². The molecule has 1 aromatic heterocycles. The smallest absolute Gasteiger partial charge is 0.143 e. The van der Waals surface area contributed by atoms with E-state index in [1.165, 1.54) is 22.1 Å². The number of halogens is 1. The lowest BCUT2D eigenvalue weighted by atomic mass is 10.1. The first-order valence-corrected chi connectivity index (χ1v) is 8.79. The molecule has 0 spiro atoms. The van der Waals surface area contributed by atoms with Crippen LogP contribution in [0.5, 0.6) is 0 Å². The van der Waals surface area contributed by atoms with E-state index < -0.39 is 0 Å². The highest BCUT2D eigenvalue weighted by molar-refractivity contribution is 14.1. The molecule has 116 valence electrons. The quantitative estimate of drug-likeness (QED) is 0.780. The molecule has 1 atom stereocenters. The van der Waals surface area contributed by atoms with Crippen LogP contribution in [0.1, 0.15) is 30.3 Å². The molecule has 1 saturated heterocycles. The summed E-state index contributed by atoms with van der Waals surface area (Å²) in [6, 6.07) is 0.514. The van der Waals surface area contributed by atoms with E-state index in [1.54, 1.807) is 0 Å². The van der Waals surface area contributed by atoms with E-state index in [0.717, 1.165) is 37.7 Å². The molecule has 1 N–H and O–H groups in total. The molecule has 5 nitrogen and oxygen atoms in total. The van der Waals surface area contributed by atoms with Crippen molar-refractivity contribution in [2.24, 2.45) is 0 Å². The minimum atomic E-state index is 0.514. The molecule has 1 aliphatic heterocycles. The summed E-state index contributed by atoms with van der Waals surface area (Å²) in [5.41, 5.74) is 1.26. The number of aromatic nitrogens is 2. The van der Waals surface area contributed by atoms with Crippen LogP contribution in [0.2, 0.25) is 0 Å². The Labute approximate surface area is 140 Å². The van der Waals surface area contributed by atoms with E-state index in [9.17, 15) is 0 Å². The highest BCUT2D eigenvalue weighted by Crippen LogP contribution is 2.42. The van der Waals surface area contributed by atoms with Crippen molar-refractivity contribution in [1.29, 1.82) is 0 Å². The third-order valence-corrected chi connectivity index (χ3v) is 5.59. The summed E-state index contributed by atoms with van der Waals surface area (Å²) in [7, 11) is 6.36. The molecule has 2 fully saturated rings. The second-order valence-electron chi connectivity index (χ2n) is 6.31. The Hall–Kier alpha value is -0.470. The third kappa shape index (κ3) is 3.48. The zero-order chi connectivity index (χ0) is 15.0. The second-order valence-corrected chi connectivity index (χ2v) is 7.39. The van der Waals surface area contributed by atoms with Gasteiger partial charge in [0.15, 0.2) is 0 Å². The maximum absolute atomic E-state index is 4.89. The summed E-state index contributed by atoms with van der Waals surface area (Å²) in [6.07, 6.45) is 3.50. The molecule has 1 aromatic rings. The first kappa shape index (κ1) is 15.4. The van der Waals surface area contributed by atoms with E-state index in [-0.39, 0.29) is 0 Å². The molecule has 0 radical (unpaired) electrons. The predicted octanol–water partition coefficient (Wildman–Crippen LogP) is 1.79. The lowest BCUT2D eigenvalue weighted by Crippen LogP contribution is -2.51. The summed E-state index contributed by atoms with van der Waals surface area (Å²) < 4.78 is 1.20. The first-order chi connectivity index (χ1) is 10.1. The average Bonchev–Trinajstić information content (AvgIpc) is 3.29. The van der Waals surface area contributed by atoms with Crippen LogP contribution in [0.4, 0.5) is 5.82 Å². The molecule has 2 aliphatic rings. The van der Waals surface area contributed by atoms with Gasteiger partial charge in [0.1, 0.15) is 11.6 Å². The number of piperazine rings is 1. The van der Waals surface area contributed by atoms with Crippen molar-refractivity contribution >= 4 is 28.4 Å². The molecule has 21 heavy (non-hydrogen) atoms. The van der Waals surface area contributed by atoms with Crippen molar-refractivity contribution in [3.8, 4) is 0 Å². The minimum Gasteiger partial charge on any atom is -0.372 e. The molecule has 1 unspecified atom stereocenters. The Morgan fingerprint density at radius 2 is 2.00 bits per heavy atom. The minimum absolute atomic E-state index is 0.514.